The van der Waals surface area contributed by atoms with Crippen LogP contribution in [0.15, 0.2) is 0 Å². The molecule has 86 valence electrons. The number of fused-ring (bicyclic) bond motifs is 1. The molecule has 1 aliphatic heterocycles. The predicted molar refractivity (Wildman–Crippen MR) is 58.5 cm³/mol. The van der Waals surface area contributed by atoms with Crippen molar-refractivity contribution in [2.45, 2.75) is 39.2 Å². The lowest BCUT2D eigenvalue weighted by Crippen LogP contribution is -2.39. The highest BCUT2D eigenvalue weighted by molar-refractivity contribution is 5.75. The molecule has 15 heavy (non-hydrogen) atoms. The van der Waals surface area contributed by atoms with Gasteiger partial charge in [-0.3, -0.25) is 9.69 Å². The van der Waals surface area contributed by atoms with Crippen molar-refractivity contribution in [3.8, 4) is 0 Å². The van der Waals surface area contributed by atoms with Gasteiger partial charge in [0.2, 0.25) is 0 Å². The highest BCUT2D eigenvalue weighted by Gasteiger charge is 2.39. The lowest BCUT2D eigenvalue weighted by Gasteiger charge is -2.23. The summed E-state index contributed by atoms with van der Waals surface area (Å²) in [7, 11) is 0. The Morgan fingerprint density at radius 1 is 1.40 bits per heavy atom. The smallest absolute Gasteiger partial charge is 0.323 e. The van der Waals surface area contributed by atoms with Gasteiger partial charge in [-0.2, -0.15) is 0 Å². The zero-order chi connectivity index (χ0) is 10.8. The molecule has 0 aromatic rings. The van der Waals surface area contributed by atoms with Crippen LogP contribution >= 0.6 is 0 Å². The Balaban J connectivity index is 1.87. The van der Waals surface area contributed by atoms with Crippen molar-refractivity contribution in [2.75, 3.05) is 19.7 Å². The van der Waals surface area contributed by atoms with Crippen LogP contribution in [0.1, 0.15) is 33.1 Å². The SMILES string of the molecule is CCOC(=O)C(C)N1CC2CCCC2C1. The maximum atomic E-state index is 11.6. The fraction of sp³-hybridized carbons (Fsp3) is 0.917. The summed E-state index contributed by atoms with van der Waals surface area (Å²) in [6.45, 7) is 6.53. The minimum atomic E-state index is -0.0579. The van der Waals surface area contributed by atoms with E-state index in [4.69, 9.17) is 4.74 Å². The van der Waals surface area contributed by atoms with Crippen LogP contribution in [0.2, 0.25) is 0 Å². The Morgan fingerprint density at radius 3 is 2.53 bits per heavy atom. The molecule has 2 aliphatic rings. The van der Waals surface area contributed by atoms with Gasteiger partial charge in [-0.05, 0) is 38.5 Å². The molecule has 0 spiro atoms. The zero-order valence-electron chi connectivity index (χ0n) is 9.74. The third kappa shape index (κ3) is 2.17. The lowest BCUT2D eigenvalue weighted by molar-refractivity contribution is -0.148. The molecule has 0 radical (unpaired) electrons. The van der Waals surface area contributed by atoms with Gasteiger partial charge in [-0.1, -0.05) is 6.42 Å². The van der Waals surface area contributed by atoms with Crippen molar-refractivity contribution < 1.29 is 9.53 Å². The molecule has 0 N–H and O–H groups in total. The average molecular weight is 211 g/mol. The third-order valence-corrected chi connectivity index (χ3v) is 3.93. The molecule has 0 aromatic carbocycles. The Labute approximate surface area is 91.8 Å². The minimum absolute atomic E-state index is 0.0458. The van der Waals surface area contributed by atoms with E-state index in [2.05, 4.69) is 4.90 Å². The number of carbonyl (C=O) groups excluding carboxylic acids is 1. The molecule has 3 atom stereocenters. The summed E-state index contributed by atoms with van der Waals surface area (Å²) in [5.41, 5.74) is 0. The summed E-state index contributed by atoms with van der Waals surface area (Å²) in [4.78, 5) is 13.9. The predicted octanol–water partition coefficient (Wildman–Crippen LogP) is 1.67. The second-order valence-corrected chi connectivity index (χ2v) is 4.83. The Kier molecular flexibility index (Phi) is 3.29. The van der Waals surface area contributed by atoms with Gasteiger partial charge in [0.15, 0.2) is 0 Å². The van der Waals surface area contributed by atoms with E-state index in [1.165, 1.54) is 19.3 Å². The van der Waals surface area contributed by atoms with Crippen LogP contribution in [0.25, 0.3) is 0 Å². The molecule has 0 amide bonds. The molecule has 0 bridgehead atoms. The molecule has 1 heterocycles. The molecule has 1 aliphatic carbocycles. The number of carbonyl (C=O) groups is 1. The van der Waals surface area contributed by atoms with Crippen molar-refractivity contribution in [3.63, 3.8) is 0 Å². The lowest BCUT2D eigenvalue weighted by atomic mass is 10.0. The van der Waals surface area contributed by atoms with Crippen LogP contribution in [0.5, 0.6) is 0 Å². The summed E-state index contributed by atoms with van der Waals surface area (Å²) >= 11 is 0. The number of hydrogen-bond donors (Lipinski definition) is 0. The van der Waals surface area contributed by atoms with Gasteiger partial charge in [-0.25, -0.2) is 0 Å². The number of ether oxygens (including phenoxy) is 1. The standard InChI is InChI=1S/C12H21NO2/c1-3-15-12(14)9(2)13-7-10-5-4-6-11(10)8-13/h9-11H,3-8H2,1-2H3. The average Bonchev–Trinajstić information content (AvgIpc) is 2.75. The van der Waals surface area contributed by atoms with E-state index in [0.717, 1.165) is 24.9 Å². The summed E-state index contributed by atoms with van der Waals surface area (Å²) < 4.78 is 5.06. The van der Waals surface area contributed by atoms with Crippen molar-refractivity contribution in [1.29, 1.82) is 0 Å². The largest absolute Gasteiger partial charge is 0.465 e. The van der Waals surface area contributed by atoms with Gasteiger partial charge < -0.3 is 4.74 Å². The monoisotopic (exact) mass is 211 g/mol. The highest BCUT2D eigenvalue weighted by atomic mass is 16.5. The van der Waals surface area contributed by atoms with Crippen LogP contribution in [0.3, 0.4) is 0 Å². The van der Waals surface area contributed by atoms with Gasteiger partial charge in [0.25, 0.3) is 0 Å². The number of nitrogens with zero attached hydrogens (tertiary/aromatic N) is 1. The molecular weight excluding hydrogens is 190 g/mol. The third-order valence-electron chi connectivity index (χ3n) is 3.93. The second kappa shape index (κ2) is 4.52. The van der Waals surface area contributed by atoms with Crippen molar-refractivity contribution in [3.05, 3.63) is 0 Å². The van der Waals surface area contributed by atoms with Gasteiger partial charge in [-0.15, -0.1) is 0 Å². The van der Waals surface area contributed by atoms with E-state index >= 15 is 0 Å². The van der Waals surface area contributed by atoms with Gasteiger partial charge >= 0.3 is 5.97 Å². The van der Waals surface area contributed by atoms with E-state index in [9.17, 15) is 4.79 Å². The second-order valence-electron chi connectivity index (χ2n) is 4.83. The fourth-order valence-corrected chi connectivity index (χ4v) is 3.00. The maximum Gasteiger partial charge on any atom is 0.323 e. The van der Waals surface area contributed by atoms with E-state index < -0.39 is 0 Å². The van der Waals surface area contributed by atoms with Crippen LogP contribution in [-0.2, 0) is 9.53 Å². The van der Waals surface area contributed by atoms with Gasteiger partial charge in [0, 0.05) is 13.1 Å². The minimum Gasteiger partial charge on any atom is -0.465 e. The first kappa shape index (κ1) is 10.9. The van der Waals surface area contributed by atoms with Crippen LogP contribution in [0.4, 0.5) is 0 Å². The number of hydrogen-bond acceptors (Lipinski definition) is 3. The van der Waals surface area contributed by atoms with Crippen LogP contribution in [-0.4, -0.2) is 36.6 Å². The fourth-order valence-electron chi connectivity index (χ4n) is 3.00. The number of rotatable bonds is 3. The van der Waals surface area contributed by atoms with E-state index in [1.54, 1.807) is 0 Å². The van der Waals surface area contributed by atoms with Gasteiger partial charge in [0.05, 0.1) is 6.61 Å². The first-order valence-corrected chi connectivity index (χ1v) is 6.13. The van der Waals surface area contributed by atoms with Crippen LogP contribution < -0.4 is 0 Å². The molecule has 2 fully saturated rings. The first-order chi connectivity index (χ1) is 7.22. The Hall–Kier alpha value is -0.570. The topological polar surface area (TPSA) is 29.5 Å². The highest BCUT2D eigenvalue weighted by Crippen LogP contribution is 2.38. The maximum absolute atomic E-state index is 11.6. The Bertz CT molecular complexity index is 230. The number of likely N-dealkylation sites (tertiary alicyclic amines) is 1. The van der Waals surface area contributed by atoms with Crippen molar-refractivity contribution >= 4 is 5.97 Å². The van der Waals surface area contributed by atoms with Crippen LogP contribution in [0, 0.1) is 11.8 Å². The molecule has 3 nitrogen and oxygen atoms in total. The molecule has 2 rings (SSSR count). The molecule has 3 heteroatoms. The van der Waals surface area contributed by atoms with Gasteiger partial charge in [0.1, 0.15) is 6.04 Å². The zero-order valence-corrected chi connectivity index (χ0v) is 9.74. The van der Waals surface area contributed by atoms with E-state index in [1.807, 2.05) is 13.8 Å². The summed E-state index contributed by atoms with van der Waals surface area (Å²) in [6, 6.07) is -0.0458. The quantitative estimate of drug-likeness (QED) is 0.665. The Morgan fingerprint density at radius 2 is 2.00 bits per heavy atom. The van der Waals surface area contributed by atoms with Crippen molar-refractivity contribution in [1.82, 2.24) is 4.90 Å². The summed E-state index contributed by atoms with van der Waals surface area (Å²) in [5.74, 6) is 1.64. The summed E-state index contributed by atoms with van der Waals surface area (Å²) in [6.07, 6.45) is 4.10. The number of esters is 1. The normalized spacial score (nSPS) is 32.7. The molecule has 1 saturated heterocycles. The molecule has 3 unspecified atom stereocenters. The molecule has 0 aromatic heterocycles. The van der Waals surface area contributed by atoms with E-state index in [-0.39, 0.29) is 12.0 Å². The van der Waals surface area contributed by atoms with E-state index in [0.29, 0.717) is 6.61 Å². The molecular formula is C12H21NO2. The summed E-state index contributed by atoms with van der Waals surface area (Å²) in [5, 5.41) is 0. The first-order valence-electron chi connectivity index (χ1n) is 6.13. The van der Waals surface area contributed by atoms with Crippen molar-refractivity contribution in [2.24, 2.45) is 11.8 Å². The molecule has 1 saturated carbocycles.